The van der Waals surface area contributed by atoms with Crippen LogP contribution in [-0.2, 0) is 16.0 Å². The largest absolute Gasteiger partial charge is 0.484 e. The molecule has 1 saturated heterocycles. The molecule has 1 aromatic heterocycles. The van der Waals surface area contributed by atoms with Gasteiger partial charge in [-0.2, -0.15) is 0 Å². The third-order valence-corrected chi connectivity index (χ3v) is 5.24. The van der Waals surface area contributed by atoms with Crippen molar-refractivity contribution < 1.29 is 18.8 Å². The molecular formula is C19H21Cl2N3O4. The minimum Gasteiger partial charge on any atom is -0.484 e. The molecule has 2 aromatic rings. The van der Waals surface area contributed by atoms with Gasteiger partial charge in [0.2, 0.25) is 11.1 Å². The summed E-state index contributed by atoms with van der Waals surface area (Å²) in [5.41, 5.74) is 1.47. The molecule has 3 rings (SSSR count). The SMILES string of the molecule is Cc1noc(Cl)c1CCC(=O)N1CCN(C(=O)COc2ccc(Cl)cc2)CC1. The molecule has 1 aliphatic rings. The van der Waals surface area contributed by atoms with Crippen LogP contribution in [0.3, 0.4) is 0 Å². The Labute approximate surface area is 173 Å². The summed E-state index contributed by atoms with van der Waals surface area (Å²) in [4.78, 5) is 28.2. The van der Waals surface area contributed by atoms with Gasteiger partial charge in [0.25, 0.3) is 5.91 Å². The Kier molecular flexibility index (Phi) is 6.80. The molecule has 0 unspecified atom stereocenters. The number of rotatable bonds is 6. The lowest BCUT2D eigenvalue weighted by atomic mass is 10.1. The van der Waals surface area contributed by atoms with E-state index in [2.05, 4.69) is 5.16 Å². The summed E-state index contributed by atoms with van der Waals surface area (Å²) in [7, 11) is 0. The first-order chi connectivity index (χ1) is 13.4. The molecule has 0 bridgehead atoms. The van der Waals surface area contributed by atoms with Gasteiger partial charge in [0.15, 0.2) is 6.61 Å². The van der Waals surface area contributed by atoms with Crippen molar-refractivity contribution in [3.8, 4) is 5.75 Å². The predicted octanol–water partition coefficient (Wildman–Crippen LogP) is 2.97. The van der Waals surface area contributed by atoms with Gasteiger partial charge >= 0.3 is 0 Å². The number of aryl methyl sites for hydroxylation is 1. The van der Waals surface area contributed by atoms with Crippen LogP contribution in [0.25, 0.3) is 0 Å². The Morgan fingerprint density at radius 2 is 1.68 bits per heavy atom. The van der Waals surface area contributed by atoms with Gasteiger partial charge in [0.1, 0.15) is 5.75 Å². The minimum atomic E-state index is -0.103. The average Bonchev–Trinajstić information content (AvgIpc) is 3.03. The highest BCUT2D eigenvalue weighted by Gasteiger charge is 2.24. The molecule has 2 amide bonds. The Balaban J connectivity index is 1.41. The van der Waals surface area contributed by atoms with Gasteiger partial charge < -0.3 is 19.1 Å². The van der Waals surface area contributed by atoms with Crippen molar-refractivity contribution in [3.63, 3.8) is 0 Å². The monoisotopic (exact) mass is 425 g/mol. The summed E-state index contributed by atoms with van der Waals surface area (Å²) in [6.45, 7) is 3.74. The Hall–Kier alpha value is -2.25. The number of aromatic nitrogens is 1. The van der Waals surface area contributed by atoms with E-state index in [1.54, 1.807) is 41.0 Å². The van der Waals surface area contributed by atoms with E-state index in [4.69, 9.17) is 32.5 Å². The van der Waals surface area contributed by atoms with Crippen LogP contribution in [0, 0.1) is 6.92 Å². The first-order valence-electron chi connectivity index (χ1n) is 8.98. The van der Waals surface area contributed by atoms with Gasteiger partial charge in [-0.25, -0.2) is 0 Å². The van der Waals surface area contributed by atoms with Crippen molar-refractivity contribution in [2.45, 2.75) is 19.8 Å². The standard InChI is InChI=1S/C19H21Cl2N3O4/c1-13-16(19(21)28-22-13)6-7-17(25)23-8-10-24(11-9-23)18(26)12-27-15-4-2-14(20)3-5-15/h2-5H,6-12H2,1H3. The van der Waals surface area contributed by atoms with Crippen LogP contribution in [0.15, 0.2) is 28.8 Å². The van der Waals surface area contributed by atoms with Gasteiger partial charge in [0.05, 0.1) is 5.69 Å². The number of amides is 2. The van der Waals surface area contributed by atoms with Crippen LogP contribution in [0.1, 0.15) is 17.7 Å². The van der Waals surface area contributed by atoms with Gasteiger partial charge in [0, 0.05) is 43.2 Å². The molecule has 0 saturated carbocycles. The van der Waals surface area contributed by atoms with Gasteiger partial charge in [-0.15, -0.1) is 0 Å². The molecule has 0 atom stereocenters. The van der Waals surface area contributed by atoms with Crippen molar-refractivity contribution in [2.75, 3.05) is 32.8 Å². The van der Waals surface area contributed by atoms with E-state index < -0.39 is 0 Å². The summed E-state index contributed by atoms with van der Waals surface area (Å²) >= 11 is 11.8. The second-order valence-corrected chi connectivity index (χ2v) is 7.30. The summed E-state index contributed by atoms with van der Waals surface area (Å²) in [6.07, 6.45) is 0.816. The van der Waals surface area contributed by atoms with E-state index in [0.29, 0.717) is 55.5 Å². The quantitative estimate of drug-likeness (QED) is 0.710. The van der Waals surface area contributed by atoms with Gasteiger partial charge in [-0.3, -0.25) is 9.59 Å². The number of hydrogen-bond acceptors (Lipinski definition) is 5. The minimum absolute atomic E-state index is 0.0289. The van der Waals surface area contributed by atoms with Crippen molar-refractivity contribution in [1.82, 2.24) is 15.0 Å². The normalized spacial score (nSPS) is 14.2. The number of hydrogen-bond donors (Lipinski definition) is 0. The van der Waals surface area contributed by atoms with Crippen LogP contribution in [0.2, 0.25) is 10.2 Å². The molecule has 0 aliphatic carbocycles. The van der Waals surface area contributed by atoms with Crippen LogP contribution in [0.5, 0.6) is 5.75 Å². The molecule has 2 heterocycles. The molecule has 28 heavy (non-hydrogen) atoms. The van der Waals surface area contributed by atoms with Crippen molar-refractivity contribution >= 4 is 35.0 Å². The Morgan fingerprint density at radius 1 is 1.07 bits per heavy atom. The summed E-state index contributed by atoms with van der Waals surface area (Å²) in [5.74, 6) is 0.518. The second-order valence-electron chi connectivity index (χ2n) is 6.52. The third kappa shape index (κ3) is 5.17. The number of nitrogens with zero attached hydrogens (tertiary/aromatic N) is 3. The molecule has 0 radical (unpaired) electrons. The van der Waals surface area contributed by atoms with Gasteiger partial charge in [-0.05, 0) is 49.2 Å². The highest BCUT2D eigenvalue weighted by Crippen LogP contribution is 2.21. The predicted molar refractivity (Wildman–Crippen MR) is 105 cm³/mol. The lowest BCUT2D eigenvalue weighted by molar-refractivity contribution is -0.140. The molecule has 1 fully saturated rings. The highest BCUT2D eigenvalue weighted by atomic mass is 35.5. The Bertz CT molecular complexity index is 811. The molecule has 9 heteroatoms. The Morgan fingerprint density at radius 3 is 2.25 bits per heavy atom. The number of benzene rings is 1. The maximum absolute atomic E-state index is 12.4. The fraction of sp³-hybridized carbons (Fsp3) is 0.421. The van der Waals surface area contributed by atoms with Crippen LogP contribution >= 0.6 is 23.2 Å². The van der Waals surface area contributed by atoms with Crippen LogP contribution in [0.4, 0.5) is 0 Å². The molecule has 1 aliphatic heterocycles. The zero-order valence-electron chi connectivity index (χ0n) is 15.5. The fourth-order valence-electron chi connectivity index (χ4n) is 3.00. The lowest BCUT2D eigenvalue weighted by Crippen LogP contribution is -2.51. The van der Waals surface area contributed by atoms with Gasteiger partial charge in [-0.1, -0.05) is 16.8 Å². The second kappa shape index (κ2) is 9.30. The average molecular weight is 426 g/mol. The number of halogens is 2. The maximum atomic E-state index is 12.4. The third-order valence-electron chi connectivity index (χ3n) is 4.69. The zero-order chi connectivity index (χ0) is 20.1. The summed E-state index contributed by atoms with van der Waals surface area (Å²) < 4.78 is 10.4. The van der Waals surface area contributed by atoms with E-state index >= 15 is 0 Å². The molecule has 150 valence electrons. The maximum Gasteiger partial charge on any atom is 0.260 e. The van der Waals surface area contributed by atoms with Crippen molar-refractivity contribution in [2.24, 2.45) is 0 Å². The zero-order valence-corrected chi connectivity index (χ0v) is 17.0. The van der Waals surface area contributed by atoms with Crippen molar-refractivity contribution in [1.29, 1.82) is 0 Å². The number of ether oxygens (including phenoxy) is 1. The fourth-order valence-corrected chi connectivity index (χ4v) is 3.39. The summed E-state index contributed by atoms with van der Waals surface area (Å²) in [5, 5.41) is 4.63. The lowest BCUT2D eigenvalue weighted by Gasteiger charge is -2.34. The van der Waals surface area contributed by atoms with E-state index in [1.807, 2.05) is 0 Å². The van der Waals surface area contributed by atoms with Crippen molar-refractivity contribution in [3.05, 3.63) is 45.8 Å². The van der Waals surface area contributed by atoms with E-state index in [-0.39, 0.29) is 23.6 Å². The highest BCUT2D eigenvalue weighted by molar-refractivity contribution is 6.30. The van der Waals surface area contributed by atoms with Crippen LogP contribution < -0.4 is 4.74 Å². The molecule has 7 nitrogen and oxygen atoms in total. The van der Waals surface area contributed by atoms with Crippen LogP contribution in [-0.4, -0.2) is 59.6 Å². The first-order valence-corrected chi connectivity index (χ1v) is 9.74. The molecule has 0 spiro atoms. The smallest absolute Gasteiger partial charge is 0.260 e. The molecular weight excluding hydrogens is 405 g/mol. The number of piperazine rings is 1. The topological polar surface area (TPSA) is 75.9 Å². The first kappa shape index (κ1) is 20.5. The van der Waals surface area contributed by atoms with E-state index in [0.717, 1.165) is 5.56 Å². The molecule has 0 N–H and O–H groups in total. The number of carbonyl (C=O) groups excluding carboxylic acids is 2. The van der Waals surface area contributed by atoms with E-state index in [9.17, 15) is 9.59 Å². The number of carbonyl (C=O) groups is 2. The summed E-state index contributed by atoms with van der Waals surface area (Å²) in [6, 6.07) is 6.85. The van der Waals surface area contributed by atoms with E-state index in [1.165, 1.54) is 0 Å². The molecule has 1 aromatic carbocycles.